The number of ether oxygens (including phenoxy) is 1. The number of thioether (sulfide) groups is 1. The molecule has 0 fully saturated rings. The second-order valence-corrected chi connectivity index (χ2v) is 8.89. The van der Waals surface area contributed by atoms with Gasteiger partial charge in [0.05, 0.1) is 6.61 Å². The number of fused-ring (bicyclic) bond motifs is 1. The van der Waals surface area contributed by atoms with Crippen LogP contribution in [0.2, 0.25) is 0 Å². The summed E-state index contributed by atoms with van der Waals surface area (Å²) >= 11 is 1.35. The number of hydrogen-bond donors (Lipinski definition) is 1. The average molecular weight is 465 g/mol. The lowest BCUT2D eigenvalue weighted by Gasteiger charge is -2.24. The fraction of sp³-hybridized carbons (Fsp3) is 0.280. The molecule has 2 aromatic rings. The molecular weight excluding hydrogens is 438 g/mol. The Labute approximate surface area is 197 Å². The lowest BCUT2D eigenvalue weighted by atomic mass is 10.1. The number of rotatable bonds is 8. The molecule has 4 rings (SSSR count). The van der Waals surface area contributed by atoms with E-state index in [1.54, 1.807) is 11.5 Å². The summed E-state index contributed by atoms with van der Waals surface area (Å²) < 4.78 is 6.86. The van der Waals surface area contributed by atoms with Gasteiger partial charge in [-0.1, -0.05) is 42.0 Å². The maximum atomic E-state index is 13.3. The van der Waals surface area contributed by atoms with Crippen LogP contribution in [0, 0.1) is 6.92 Å². The lowest BCUT2D eigenvalue weighted by molar-refractivity contribution is -0.427. The molecule has 0 aliphatic carbocycles. The molecule has 2 heterocycles. The van der Waals surface area contributed by atoms with E-state index >= 15 is 0 Å². The molecule has 2 aliphatic rings. The van der Waals surface area contributed by atoms with Gasteiger partial charge in [-0.2, -0.15) is 14.3 Å². The fourth-order valence-corrected chi connectivity index (χ4v) is 4.67. The first-order valence-electron chi connectivity index (χ1n) is 10.8. The predicted octanol–water partition coefficient (Wildman–Crippen LogP) is 3.25. The third-order valence-corrected chi connectivity index (χ3v) is 6.48. The van der Waals surface area contributed by atoms with Gasteiger partial charge < -0.3 is 10.1 Å². The van der Waals surface area contributed by atoms with Crippen LogP contribution in [0.3, 0.4) is 0 Å². The number of benzene rings is 2. The van der Waals surface area contributed by atoms with Crippen molar-refractivity contribution in [2.75, 3.05) is 13.2 Å². The molecule has 170 valence electrons. The first-order valence-corrected chi connectivity index (χ1v) is 11.8. The number of imide groups is 1. The first-order chi connectivity index (χ1) is 16.0. The Morgan fingerprint density at radius 3 is 2.48 bits per heavy atom. The van der Waals surface area contributed by atoms with Gasteiger partial charge in [-0.3, -0.25) is 4.79 Å². The summed E-state index contributed by atoms with van der Waals surface area (Å²) in [7, 11) is 0. The van der Waals surface area contributed by atoms with Crippen LogP contribution in [0.15, 0.2) is 60.0 Å². The monoisotopic (exact) mass is 464 g/mol. The molecule has 8 heteroatoms. The highest BCUT2D eigenvalue weighted by Gasteiger charge is 2.49. The lowest BCUT2D eigenvalue weighted by Crippen LogP contribution is -2.56. The van der Waals surface area contributed by atoms with Gasteiger partial charge in [-0.15, -0.1) is 11.8 Å². The van der Waals surface area contributed by atoms with Gasteiger partial charge in [0.25, 0.3) is 5.91 Å². The molecular formula is C25H26N3O4S+. The summed E-state index contributed by atoms with van der Waals surface area (Å²) in [6.45, 7) is 4.84. The van der Waals surface area contributed by atoms with Crippen LogP contribution < -0.4 is 10.1 Å². The zero-order chi connectivity index (χ0) is 23.4. The maximum Gasteiger partial charge on any atom is 0.501 e. The Hall–Kier alpha value is -3.39. The van der Waals surface area contributed by atoms with Gasteiger partial charge in [0.2, 0.25) is 0 Å². The van der Waals surface area contributed by atoms with E-state index in [0.29, 0.717) is 18.9 Å². The number of nitrogens with zero attached hydrogens (tertiary/aromatic N) is 2. The molecule has 0 saturated heterocycles. The van der Waals surface area contributed by atoms with Crippen molar-refractivity contribution < 1.29 is 23.7 Å². The fourth-order valence-electron chi connectivity index (χ4n) is 3.70. The van der Waals surface area contributed by atoms with E-state index in [4.69, 9.17) is 4.74 Å². The van der Waals surface area contributed by atoms with E-state index in [-0.39, 0.29) is 24.9 Å². The Kier molecular flexibility index (Phi) is 6.93. The van der Waals surface area contributed by atoms with Gasteiger partial charge in [-0.05, 0) is 48.6 Å². The molecule has 0 spiro atoms. The van der Waals surface area contributed by atoms with E-state index in [9.17, 15) is 14.4 Å². The largest absolute Gasteiger partial charge is 0.501 e. The maximum absolute atomic E-state index is 13.3. The van der Waals surface area contributed by atoms with Crippen molar-refractivity contribution in [1.29, 1.82) is 0 Å². The number of nitrogens with one attached hydrogen (secondary N) is 1. The molecule has 33 heavy (non-hydrogen) atoms. The molecule has 0 saturated carbocycles. The number of amides is 4. The van der Waals surface area contributed by atoms with E-state index in [2.05, 4.69) is 5.32 Å². The van der Waals surface area contributed by atoms with Crippen LogP contribution in [0.1, 0.15) is 23.6 Å². The summed E-state index contributed by atoms with van der Waals surface area (Å²) in [5.41, 5.74) is 3.49. The minimum atomic E-state index is -0.518. The third-order valence-electron chi connectivity index (χ3n) is 5.47. The minimum Gasteiger partial charge on any atom is -0.494 e. The van der Waals surface area contributed by atoms with Crippen LogP contribution in [0.5, 0.6) is 5.75 Å². The van der Waals surface area contributed by atoms with Crippen LogP contribution in [-0.2, 0) is 22.7 Å². The summed E-state index contributed by atoms with van der Waals surface area (Å²) in [6, 6.07) is 14.7. The van der Waals surface area contributed by atoms with Crippen molar-refractivity contribution >= 4 is 35.3 Å². The van der Waals surface area contributed by atoms with Crippen LogP contribution >= 0.6 is 11.8 Å². The molecule has 0 radical (unpaired) electrons. The molecule has 7 nitrogen and oxygen atoms in total. The summed E-state index contributed by atoms with van der Waals surface area (Å²) in [5.74, 6) is 0.182. The Bertz CT molecular complexity index is 1120. The SMILES string of the molecule is CCOc1ccc(CN2C(=O)C3SC=CC3=[N+](CC(=O)NCc3ccc(C)cc3)C2=O)cc1. The van der Waals surface area contributed by atoms with Crippen LogP contribution in [0.25, 0.3) is 0 Å². The second kappa shape index (κ2) is 10.0. The quantitative estimate of drug-likeness (QED) is 0.607. The van der Waals surface area contributed by atoms with E-state index < -0.39 is 11.3 Å². The van der Waals surface area contributed by atoms with Gasteiger partial charge >= 0.3 is 11.9 Å². The minimum absolute atomic E-state index is 0.135. The zero-order valence-electron chi connectivity index (χ0n) is 18.6. The highest BCUT2D eigenvalue weighted by molar-refractivity contribution is 8.04. The Morgan fingerprint density at radius 2 is 1.79 bits per heavy atom. The zero-order valence-corrected chi connectivity index (χ0v) is 19.4. The van der Waals surface area contributed by atoms with Crippen molar-refractivity contribution in [3.05, 3.63) is 76.7 Å². The number of carbonyl (C=O) groups excluding carboxylic acids is 3. The summed E-state index contributed by atoms with van der Waals surface area (Å²) in [4.78, 5) is 40.2. The molecule has 1 N–H and O–H groups in total. The van der Waals surface area contributed by atoms with Crippen molar-refractivity contribution in [2.45, 2.75) is 32.2 Å². The summed E-state index contributed by atoms with van der Waals surface area (Å²) in [6.07, 6.45) is 1.74. The number of carbonyl (C=O) groups is 3. The second-order valence-electron chi connectivity index (χ2n) is 7.88. The van der Waals surface area contributed by atoms with E-state index in [0.717, 1.165) is 22.4 Å². The number of allylic oxidation sites excluding steroid dienone is 1. The highest BCUT2D eigenvalue weighted by Crippen LogP contribution is 2.28. The van der Waals surface area contributed by atoms with Crippen molar-refractivity contribution in [3.8, 4) is 5.75 Å². The van der Waals surface area contributed by atoms with E-state index in [1.165, 1.54) is 21.2 Å². The van der Waals surface area contributed by atoms with Crippen molar-refractivity contribution in [2.24, 2.45) is 0 Å². The first kappa shape index (κ1) is 22.8. The van der Waals surface area contributed by atoms with Crippen LogP contribution in [0.4, 0.5) is 4.79 Å². The molecule has 0 aromatic heterocycles. The highest BCUT2D eigenvalue weighted by atomic mass is 32.2. The molecule has 0 bridgehead atoms. The van der Waals surface area contributed by atoms with E-state index in [1.807, 2.05) is 62.4 Å². The molecule has 1 unspecified atom stereocenters. The number of hydrogen-bond acceptors (Lipinski definition) is 5. The topological polar surface area (TPSA) is 78.7 Å². The van der Waals surface area contributed by atoms with Crippen LogP contribution in [-0.4, -0.2) is 51.4 Å². The third kappa shape index (κ3) is 5.17. The molecule has 2 aromatic carbocycles. The van der Waals surface area contributed by atoms with Gasteiger partial charge in [0.15, 0.2) is 11.8 Å². The van der Waals surface area contributed by atoms with Gasteiger partial charge in [-0.25, -0.2) is 4.79 Å². The predicted molar refractivity (Wildman–Crippen MR) is 127 cm³/mol. The Balaban J connectivity index is 1.47. The number of urea groups is 1. The number of aryl methyl sites for hydroxylation is 1. The normalized spacial score (nSPS) is 17.4. The van der Waals surface area contributed by atoms with Crippen molar-refractivity contribution in [1.82, 2.24) is 10.2 Å². The molecule has 2 aliphatic heterocycles. The molecule has 4 amide bonds. The Morgan fingerprint density at radius 1 is 1.09 bits per heavy atom. The summed E-state index contributed by atoms with van der Waals surface area (Å²) in [5, 5.41) is 4.14. The molecule has 1 atom stereocenters. The van der Waals surface area contributed by atoms with Gasteiger partial charge in [0.1, 0.15) is 18.0 Å². The van der Waals surface area contributed by atoms with Crippen molar-refractivity contribution in [3.63, 3.8) is 0 Å². The average Bonchev–Trinajstić information content (AvgIpc) is 3.30. The smallest absolute Gasteiger partial charge is 0.494 e. The van der Waals surface area contributed by atoms with Gasteiger partial charge in [0, 0.05) is 6.54 Å². The standard InChI is InChI=1S/C25H25N3O4S/c1-3-32-20-10-8-19(9-11-20)15-28-24(30)23-21(12-13-33-23)27(25(28)31)16-22(29)26-14-18-6-4-17(2)5-7-18/h4-13,23H,3,14-16H2,1-2H3/p+1.